The van der Waals surface area contributed by atoms with Crippen LogP contribution in [0.1, 0.15) is 10.4 Å². The average molecular weight is 317 g/mol. The number of hydrogen-bond donors (Lipinski definition) is 1. The molecule has 0 saturated heterocycles. The van der Waals surface area contributed by atoms with Gasteiger partial charge >= 0.3 is 0 Å². The molecular formula is C10H7Br2NO. The molecule has 1 N–H and O–H groups in total. The Morgan fingerprint density at radius 2 is 2.21 bits per heavy atom. The lowest BCUT2D eigenvalue weighted by Crippen LogP contribution is -2.23. The molecular weight excluding hydrogens is 310 g/mol. The first-order chi connectivity index (χ1) is 6.65. The Bertz CT molecular complexity index is 396. The topological polar surface area (TPSA) is 29.1 Å². The van der Waals surface area contributed by atoms with Gasteiger partial charge in [-0.05, 0) is 34.1 Å². The van der Waals surface area contributed by atoms with Gasteiger partial charge in [0.25, 0.3) is 5.91 Å². The second-order valence-corrected chi connectivity index (χ2v) is 4.28. The fourth-order valence-electron chi connectivity index (χ4n) is 0.898. The van der Waals surface area contributed by atoms with Crippen LogP contribution in [-0.4, -0.2) is 12.5 Å². The molecule has 4 heteroatoms. The van der Waals surface area contributed by atoms with Crippen LogP contribution in [-0.2, 0) is 0 Å². The van der Waals surface area contributed by atoms with Crippen molar-refractivity contribution in [1.29, 1.82) is 0 Å². The summed E-state index contributed by atoms with van der Waals surface area (Å²) in [4.78, 5) is 11.5. The number of rotatable bonds is 2. The molecule has 72 valence electrons. The van der Waals surface area contributed by atoms with Crippen LogP contribution >= 0.6 is 31.9 Å². The van der Waals surface area contributed by atoms with E-state index < -0.39 is 0 Å². The highest BCUT2D eigenvalue weighted by Crippen LogP contribution is 2.21. The predicted molar refractivity (Wildman–Crippen MR) is 63.0 cm³/mol. The molecule has 0 radical (unpaired) electrons. The van der Waals surface area contributed by atoms with Crippen LogP contribution in [0.3, 0.4) is 0 Å². The molecule has 1 rings (SSSR count). The number of carbonyl (C=O) groups excluding carboxylic acids is 1. The minimum Gasteiger partial charge on any atom is -0.341 e. The third-order valence-corrected chi connectivity index (χ3v) is 2.71. The lowest BCUT2D eigenvalue weighted by atomic mass is 10.2. The van der Waals surface area contributed by atoms with Gasteiger partial charge in [-0.25, -0.2) is 0 Å². The molecule has 0 spiro atoms. The van der Waals surface area contributed by atoms with E-state index in [0.717, 1.165) is 8.95 Å². The summed E-state index contributed by atoms with van der Waals surface area (Å²) in [5, 5.41) is 2.59. The summed E-state index contributed by atoms with van der Waals surface area (Å²) in [6, 6.07) is 5.38. The summed E-state index contributed by atoms with van der Waals surface area (Å²) in [7, 11) is 0. The minimum absolute atomic E-state index is 0.184. The van der Waals surface area contributed by atoms with Crippen LogP contribution in [0.4, 0.5) is 0 Å². The van der Waals surface area contributed by atoms with E-state index in [1.165, 1.54) is 0 Å². The quantitative estimate of drug-likeness (QED) is 0.835. The number of carbonyl (C=O) groups is 1. The third-order valence-electron chi connectivity index (χ3n) is 1.52. The van der Waals surface area contributed by atoms with Crippen molar-refractivity contribution in [3.63, 3.8) is 0 Å². The molecule has 1 amide bonds. The van der Waals surface area contributed by atoms with Crippen molar-refractivity contribution in [3.8, 4) is 12.3 Å². The first-order valence-corrected chi connectivity index (χ1v) is 5.40. The molecule has 0 heterocycles. The van der Waals surface area contributed by atoms with Gasteiger partial charge in [-0.3, -0.25) is 4.79 Å². The van der Waals surface area contributed by atoms with Crippen molar-refractivity contribution in [1.82, 2.24) is 5.32 Å². The van der Waals surface area contributed by atoms with Crippen LogP contribution in [0.15, 0.2) is 27.1 Å². The van der Waals surface area contributed by atoms with Crippen molar-refractivity contribution < 1.29 is 4.79 Å². The molecule has 0 saturated carbocycles. The molecule has 0 atom stereocenters. The molecule has 0 aliphatic heterocycles. The lowest BCUT2D eigenvalue weighted by molar-refractivity contribution is 0.0958. The Kier molecular flexibility index (Phi) is 4.18. The van der Waals surface area contributed by atoms with E-state index in [1.54, 1.807) is 12.1 Å². The van der Waals surface area contributed by atoms with Crippen LogP contribution < -0.4 is 5.32 Å². The Morgan fingerprint density at radius 1 is 1.50 bits per heavy atom. The van der Waals surface area contributed by atoms with Crippen molar-refractivity contribution in [3.05, 3.63) is 32.7 Å². The van der Waals surface area contributed by atoms with Gasteiger partial charge in [0.15, 0.2) is 0 Å². The van der Waals surface area contributed by atoms with E-state index in [0.29, 0.717) is 5.56 Å². The molecule has 0 unspecified atom stereocenters. The molecule has 1 aromatic rings. The zero-order chi connectivity index (χ0) is 10.6. The SMILES string of the molecule is C#CCNC(=O)c1cc(Br)ccc1Br. The Labute approximate surface area is 99.3 Å². The first-order valence-electron chi connectivity index (χ1n) is 3.82. The normalized spacial score (nSPS) is 9.21. The number of benzene rings is 1. The molecule has 14 heavy (non-hydrogen) atoms. The fourth-order valence-corrected chi connectivity index (χ4v) is 1.69. The fraction of sp³-hybridized carbons (Fsp3) is 0.100. The standard InChI is InChI=1S/C10H7Br2NO/c1-2-5-13-10(14)8-6-7(11)3-4-9(8)12/h1,3-4,6H,5H2,(H,13,14). The van der Waals surface area contributed by atoms with Crippen molar-refractivity contribution in [2.45, 2.75) is 0 Å². The van der Waals surface area contributed by atoms with Crippen molar-refractivity contribution >= 4 is 37.8 Å². The minimum atomic E-state index is -0.184. The number of halogens is 2. The smallest absolute Gasteiger partial charge is 0.253 e. The first kappa shape index (κ1) is 11.3. The Hall–Kier alpha value is -0.790. The van der Waals surface area contributed by atoms with E-state index in [2.05, 4.69) is 43.1 Å². The highest BCUT2D eigenvalue weighted by Gasteiger charge is 2.08. The summed E-state index contributed by atoms with van der Waals surface area (Å²) in [5.74, 6) is 2.16. The van der Waals surface area contributed by atoms with Gasteiger partial charge < -0.3 is 5.32 Å². The van der Waals surface area contributed by atoms with Gasteiger partial charge in [-0.2, -0.15) is 0 Å². The predicted octanol–water partition coefficient (Wildman–Crippen LogP) is 2.57. The zero-order valence-corrected chi connectivity index (χ0v) is 10.4. The molecule has 0 aliphatic carbocycles. The zero-order valence-electron chi connectivity index (χ0n) is 7.18. The molecule has 0 fully saturated rings. The molecule has 0 bridgehead atoms. The highest BCUT2D eigenvalue weighted by molar-refractivity contribution is 9.11. The summed E-state index contributed by atoms with van der Waals surface area (Å²) >= 11 is 6.58. The summed E-state index contributed by atoms with van der Waals surface area (Å²) < 4.78 is 1.60. The average Bonchev–Trinajstić information content (AvgIpc) is 2.18. The maximum atomic E-state index is 11.5. The monoisotopic (exact) mass is 315 g/mol. The Balaban J connectivity index is 2.90. The highest BCUT2D eigenvalue weighted by atomic mass is 79.9. The maximum absolute atomic E-state index is 11.5. The van der Waals surface area contributed by atoms with Crippen LogP contribution in [0.25, 0.3) is 0 Å². The van der Waals surface area contributed by atoms with Gasteiger partial charge in [-0.15, -0.1) is 6.42 Å². The van der Waals surface area contributed by atoms with E-state index in [4.69, 9.17) is 6.42 Å². The van der Waals surface area contributed by atoms with E-state index in [9.17, 15) is 4.79 Å². The summed E-state index contributed by atoms with van der Waals surface area (Å²) in [6.45, 7) is 0.234. The number of terminal acetylenes is 1. The van der Waals surface area contributed by atoms with Crippen LogP contribution in [0.2, 0.25) is 0 Å². The second-order valence-electron chi connectivity index (χ2n) is 2.51. The third kappa shape index (κ3) is 2.86. The Morgan fingerprint density at radius 3 is 2.86 bits per heavy atom. The van der Waals surface area contributed by atoms with E-state index >= 15 is 0 Å². The van der Waals surface area contributed by atoms with Crippen LogP contribution in [0, 0.1) is 12.3 Å². The molecule has 0 aromatic heterocycles. The van der Waals surface area contributed by atoms with Crippen molar-refractivity contribution in [2.24, 2.45) is 0 Å². The number of amides is 1. The van der Waals surface area contributed by atoms with Gasteiger partial charge in [-0.1, -0.05) is 21.9 Å². The molecule has 2 nitrogen and oxygen atoms in total. The summed E-state index contributed by atoms with van der Waals surface area (Å²) in [5.41, 5.74) is 0.564. The van der Waals surface area contributed by atoms with E-state index in [-0.39, 0.29) is 12.5 Å². The number of hydrogen-bond acceptors (Lipinski definition) is 1. The van der Waals surface area contributed by atoms with Crippen molar-refractivity contribution in [2.75, 3.05) is 6.54 Å². The van der Waals surface area contributed by atoms with Crippen LogP contribution in [0.5, 0.6) is 0 Å². The van der Waals surface area contributed by atoms with Gasteiger partial charge in [0, 0.05) is 8.95 Å². The van der Waals surface area contributed by atoms with E-state index in [1.807, 2.05) is 6.07 Å². The lowest BCUT2D eigenvalue weighted by Gasteiger charge is -2.04. The summed E-state index contributed by atoms with van der Waals surface area (Å²) in [6.07, 6.45) is 5.04. The molecule has 0 aliphatic rings. The van der Waals surface area contributed by atoms with Gasteiger partial charge in [0.1, 0.15) is 0 Å². The largest absolute Gasteiger partial charge is 0.341 e. The second kappa shape index (κ2) is 5.18. The number of nitrogens with one attached hydrogen (secondary N) is 1. The van der Waals surface area contributed by atoms with Gasteiger partial charge in [0.05, 0.1) is 12.1 Å². The van der Waals surface area contributed by atoms with Gasteiger partial charge in [0.2, 0.25) is 0 Å². The maximum Gasteiger partial charge on any atom is 0.253 e. The molecule has 1 aromatic carbocycles.